The Labute approximate surface area is 112 Å². The molecule has 0 spiro atoms. The summed E-state index contributed by atoms with van der Waals surface area (Å²) in [6.45, 7) is 6.82. The Hall–Kier alpha value is -1.40. The monoisotopic (exact) mass is 267 g/mol. The van der Waals surface area contributed by atoms with Crippen LogP contribution in [0.2, 0.25) is 0 Å². The molecule has 1 fully saturated rings. The minimum Gasteiger partial charge on any atom is -0.378 e. The minimum atomic E-state index is -0.892. The second-order valence-corrected chi connectivity index (χ2v) is 5.51. The Bertz CT molecular complexity index is 444. The van der Waals surface area contributed by atoms with Crippen LogP contribution in [0, 0.1) is 5.41 Å². The zero-order chi connectivity index (χ0) is 14.1. The number of ether oxygens (including phenoxy) is 1. The molecule has 0 aromatic carbocycles. The van der Waals surface area contributed by atoms with Crippen LogP contribution in [0.5, 0.6) is 0 Å². The second-order valence-electron chi connectivity index (χ2n) is 5.51. The van der Waals surface area contributed by atoms with Crippen LogP contribution >= 0.6 is 0 Å². The number of nitrogens with one attached hydrogen (secondary N) is 1. The van der Waals surface area contributed by atoms with Gasteiger partial charge in [-0.25, -0.2) is 0 Å². The molecule has 1 aromatic heterocycles. The lowest BCUT2D eigenvalue weighted by Crippen LogP contribution is -2.75. The molecule has 19 heavy (non-hydrogen) atoms. The van der Waals surface area contributed by atoms with E-state index in [-0.39, 0.29) is 17.4 Å². The van der Waals surface area contributed by atoms with E-state index in [4.69, 9.17) is 15.0 Å². The first kappa shape index (κ1) is 14.0. The fourth-order valence-corrected chi connectivity index (χ4v) is 2.48. The number of hydrogen-bond donors (Lipinski definition) is 2. The summed E-state index contributed by atoms with van der Waals surface area (Å²) >= 11 is 0. The third-order valence-electron chi connectivity index (χ3n) is 4.16. The smallest absolute Gasteiger partial charge is 0.241 e. The van der Waals surface area contributed by atoms with Gasteiger partial charge in [-0.05, 0) is 6.92 Å². The van der Waals surface area contributed by atoms with Crippen molar-refractivity contribution >= 4 is 5.91 Å². The molecule has 3 N–H and O–H groups in total. The van der Waals surface area contributed by atoms with Gasteiger partial charge in [0.15, 0.2) is 0 Å². The molecule has 106 valence electrons. The number of carbonyl (C=O) groups excluding carboxylic acids is 1. The number of amides is 1. The van der Waals surface area contributed by atoms with E-state index in [0.29, 0.717) is 25.3 Å². The highest BCUT2D eigenvalue weighted by molar-refractivity contribution is 5.88. The van der Waals surface area contributed by atoms with Gasteiger partial charge in [-0.15, -0.1) is 0 Å². The van der Waals surface area contributed by atoms with Gasteiger partial charge in [-0.3, -0.25) is 4.79 Å². The van der Waals surface area contributed by atoms with Gasteiger partial charge in [0.25, 0.3) is 0 Å². The van der Waals surface area contributed by atoms with E-state index < -0.39 is 5.54 Å². The molecule has 2 atom stereocenters. The quantitative estimate of drug-likeness (QED) is 0.824. The second kappa shape index (κ2) is 4.94. The van der Waals surface area contributed by atoms with E-state index in [1.54, 1.807) is 6.07 Å². The molecule has 2 rings (SSSR count). The number of aromatic nitrogens is 1. The number of rotatable bonds is 5. The first-order valence-corrected chi connectivity index (χ1v) is 6.50. The Morgan fingerprint density at radius 1 is 1.68 bits per heavy atom. The molecular weight excluding hydrogens is 246 g/mol. The zero-order valence-corrected chi connectivity index (χ0v) is 11.6. The molecule has 1 aliphatic carbocycles. The largest absolute Gasteiger partial charge is 0.378 e. The Morgan fingerprint density at radius 2 is 2.42 bits per heavy atom. The molecular formula is C13H21N3O3. The molecule has 2 unspecified atom stereocenters. The van der Waals surface area contributed by atoms with Crippen molar-refractivity contribution in [3.8, 4) is 0 Å². The van der Waals surface area contributed by atoms with Crippen molar-refractivity contribution in [3.63, 3.8) is 0 Å². The minimum absolute atomic E-state index is 0.0281. The predicted molar refractivity (Wildman–Crippen MR) is 69.1 cm³/mol. The van der Waals surface area contributed by atoms with Crippen LogP contribution in [0.4, 0.5) is 0 Å². The topological polar surface area (TPSA) is 90.4 Å². The third-order valence-corrected chi connectivity index (χ3v) is 4.16. The van der Waals surface area contributed by atoms with Gasteiger partial charge in [-0.1, -0.05) is 19.0 Å². The summed E-state index contributed by atoms with van der Waals surface area (Å²) in [5, 5.41) is 6.54. The van der Waals surface area contributed by atoms with E-state index in [2.05, 4.69) is 10.5 Å². The van der Waals surface area contributed by atoms with Gasteiger partial charge in [0.05, 0.1) is 12.6 Å². The summed E-state index contributed by atoms with van der Waals surface area (Å²) in [4.78, 5) is 12.3. The van der Waals surface area contributed by atoms with Crippen molar-refractivity contribution in [3.05, 3.63) is 18.0 Å². The van der Waals surface area contributed by atoms with E-state index in [1.165, 1.54) is 6.26 Å². The maximum atomic E-state index is 12.3. The predicted octanol–water partition coefficient (Wildman–Crippen LogP) is 0.823. The number of hydrogen-bond acceptors (Lipinski definition) is 5. The molecule has 6 heteroatoms. The lowest BCUT2D eigenvalue weighted by molar-refractivity contribution is -0.170. The standard InChI is InChI=1S/C13H21N3O3/c1-4-18-10-7-13(14,12(10,2)3)11(17)15-8-9-5-6-19-16-9/h5-6,10H,4,7-8,14H2,1-3H3,(H,15,17). The molecule has 0 radical (unpaired) electrons. The van der Waals surface area contributed by atoms with Gasteiger partial charge >= 0.3 is 0 Å². The maximum absolute atomic E-state index is 12.3. The van der Waals surface area contributed by atoms with Gasteiger partial charge in [-0.2, -0.15) is 0 Å². The van der Waals surface area contributed by atoms with Crippen LogP contribution in [0.15, 0.2) is 16.9 Å². The van der Waals surface area contributed by atoms with Gasteiger partial charge in [0.1, 0.15) is 17.5 Å². The molecule has 1 aliphatic rings. The Balaban J connectivity index is 1.95. The fourth-order valence-electron chi connectivity index (χ4n) is 2.48. The van der Waals surface area contributed by atoms with Crippen LogP contribution in [0.1, 0.15) is 32.9 Å². The maximum Gasteiger partial charge on any atom is 0.241 e. The first-order chi connectivity index (χ1) is 8.91. The van der Waals surface area contributed by atoms with E-state index in [9.17, 15) is 4.79 Å². The SMILES string of the molecule is CCOC1CC(N)(C(=O)NCc2ccon2)C1(C)C. The van der Waals surface area contributed by atoms with E-state index >= 15 is 0 Å². The van der Waals surface area contributed by atoms with Crippen molar-refractivity contribution in [2.45, 2.75) is 45.4 Å². The fraction of sp³-hybridized carbons (Fsp3) is 0.692. The highest BCUT2D eigenvalue weighted by atomic mass is 16.5. The number of carbonyl (C=O) groups is 1. The normalized spacial score (nSPS) is 28.7. The molecule has 1 aromatic rings. The van der Waals surface area contributed by atoms with Crippen molar-refractivity contribution in [2.75, 3.05) is 6.61 Å². The summed E-state index contributed by atoms with van der Waals surface area (Å²) in [5.41, 5.74) is 5.65. The van der Waals surface area contributed by atoms with Crippen LogP contribution in [0.25, 0.3) is 0 Å². The van der Waals surface area contributed by atoms with Crippen molar-refractivity contribution in [1.29, 1.82) is 0 Å². The summed E-state index contributed by atoms with van der Waals surface area (Å²) in [6, 6.07) is 1.71. The summed E-state index contributed by atoms with van der Waals surface area (Å²) in [5.74, 6) is -0.170. The lowest BCUT2D eigenvalue weighted by Gasteiger charge is -2.57. The first-order valence-electron chi connectivity index (χ1n) is 6.50. The van der Waals surface area contributed by atoms with Crippen LogP contribution in [-0.2, 0) is 16.1 Å². The summed E-state index contributed by atoms with van der Waals surface area (Å²) in [7, 11) is 0. The molecule has 0 bridgehead atoms. The Morgan fingerprint density at radius 3 is 2.95 bits per heavy atom. The van der Waals surface area contributed by atoms with E-state index in [1.807, 2.05) is 20.8 Å². The Kier molecular flexibility index (Phi) is 3.64. The molecule has 1 heterocycles. The molecule has 6 nitrogen and oxygen atoms in total. The zero-order valence-electron chi connectivity index (χ0n) is 11.6. The average Bonchev–Trinajstić information content (AvgIpc) is 2.88. The lowest BCUT2D eigenvalue weighted by atomic mass is 9.54. The molecule has 1 saturated carbocycles. The van der Waals surface area contributed by atoms with Crippen molar-refractivity contribution < 1.29 is 14.1 Å². The highest BCUT2D eigenvalue weighted by Crippen LogP contribution is 2.49. The molecule has 1 amide bonds. The van der Waals surface area contributed by atoms with Crippen LogP contribution in [-0.4, -0.2) is 29.3 Å². The average molecular weight is 267 g/mol. The summed E-state index contributed by atoms with van der Waals surface area (Å²) in [6.07, 6.45) is 2.04. The van der Waals surface area contributed by atoms with Crippen molar-refractivity contribution in [1.82, 2.24) is 10.5 Å². The van der Waals surface area contributed by atoms with Crippen molar-refractivity contribution in [2.24, 2.45) is 11.1 Å². The third kappa shape index (κ3) is 2.26. The van der Waals surface area contributed by atoms with Gasteiger partial charge in [0, 0.05) is 24.5 Å². The molecule has 0 aliphatic heterocycles. The molecule has 0 saturated heterocycles. The highest BCUT2D eigenvalue weighted by Gasteiger charge is 2.62. The summed E-state index contributed by atoms with van der Waals surface area (Å²) < 4.78 is 10.3. The van der Waals surface area contributed by atoms with Crippen LogP contribution < -0.4 is 11.1 Å². The van der Waals surface area contributed by atoms with Crippen LogP contribution in [0.3, 0.4) is 0 Å². The number of nitrogens with zero attached hydrogens (tertiary/aromatic N) is 1. The van der Waals surface area contributed by atoms with Gasteiger partial charge in [0.2, 0.25) is 5.91 Å². The van der Waals surface area contributed by atoms with E-state index in [0.717, 1.165) is 0 Å². The van der Waals surface area contributed by atoms with Gasteiger partial charge < -0.3 is 20.3 Å². The number of nitrogens with two attached hydrogens (primary N) is 1.